The number of hydrogen-bond donors (Lipinski definition) is 3. The number of fused-ring (bicyclic) bond motifs is 1. The number of anilines is 1. The molecule has 2 heterocycles. The molecular formula is C33H30F2N4O3S. The van der Waals surface area contributed by atoms with Crippen molar-refractivity contribution in [2.75, 3.05) is 24.4 Å². The molecular weight excluding hydrogens is 570 g/mol. The summed E-state index contributed by atoms with van der Waals surface area (Å²) in [5, 5.41) is 0.791. The molecule has 4 aromatic carbocycles. The Labute approximate surface area is 249 Å². The predicted molar refractivity (Wildman–Crippen MR) is 165 cm³/mol. The van der Waals surface area contributed by atoms with E-state index in [1.54, 1.807) is 48.7 Å². The van der Waals surface area contributed by atoms with Crippen LogP contribution in [-0.4, -0.2) is 49.4 Å². The molecule has 1 fully saturated rings. The number of pyridine rings is 1. The molecule has 0 bridgehead atoms. The number of aromatic nitrogens is 1. The quantitative estimate of drug-likeness (QED) is 0.181. The second-order valence-corrected chi connectivity index (χ2v) is 12.2. The molecule has 10 heteroatoms. The lowest BCUT2D eigenvalue weighted by Gasteiger charge is -2.42. The van der Waals surface area contributed by atoms with Crippen LogP contribution in [0.15, 0.2) is 114 Å². The van der Waals surface area contributed by atoms with E-state index < -0.39 is 22.4 Å². The molecule has 3 N–H and O–H groups in total. The molecule has 220 valence electrons. The third-order valence-electron chi connectivity index (χ3n) is 7.53. The number of para-hydroxylation sites is 1. The molecule has 0 saturated carbocycles. The van der Waals surface area contributed by atoms with Crippen LogP contribution in [0.3, 0.4) is 0 Å². The number of carbonyl (C=O) groups excluding carboxylic acids is 1. The first kappa shape index (κ1) is 28.8. The summed E-state index contributed by atoms with van der Waals surface area (Å²) in [7, 11) is -3.44. The van der Waals surface area contributed by atoms with Gasteiger partial charge in [0.05, 0.1) is 17.2 Å². The maximum atomic E-state index is 13.8. The van der Waals surface area contributed by atoms with Crippen LogP contribution < -0.4 is 4.72 Å². The van der Waals surface area contributed by atoms with Gasteiger partial charge in [-0.3, -0.25) is 28.5 Å². The third-order valence-corrected chi connectivity index (χ3v) is 9.00. The summed E-state index contributed by atoms with van der Waals surface area (Å²) in [6.07, 6.45) is 1.60. The fraction of sp³-hybridized carbons (Fsp3) is 0.152. The second-order valence-electron chi connectivity index (χ2n) is 10.5. The summed E-state index contributed by atoms with van der Waals surface area (Å²) in [4.78, 5) is 22.3. The molecule has 1 aliphatic heterocycles. The van der Waals surface area contributed by atoms with Crippen LogP contribution in [0.4, 0.5) is 14.5 Å². The van der Waals surface area contributed by atoms with Crippen molar-refractivity contribution >= 4 is 33.3 Å². The molecule has 1 saturated heterocycles. The van der Waals surface area contributed by atoms with E-state index in [0.717, 1.165) is 17.0 Å². The molecule has 0 spiro atoms. The standard InChI is InChI=1S/C33H30F2N4O3S/c34-27-18-23(19-28(35)20-27)21-38-16-17-39(30(22-38)24-6-2-1-3-7-24)33(40)26-11-13-29(14-12-26)37-43(41,42)31-10-4-8-25-9-5-15-36-32(25)31/h1-15,18-20,30,37,41-42H,16-17,21-22H2. The van der Waals surface area contributed by atoms with Gasteiger partial charge in [0.1, 0.15) is 16.5 Å². The Morgan fingerprint density at radius 2 is 1.60 bits per heavy atom. The van der Waals surface area contributed by atoms with E-state index in [9.17, 15) is 22.7 Å². The van der Waals surface area contributed by atoms with Gasteiger partial charge in [-0.05, 0) is 59.7 Å². The van der Waals surface area contributed by atoms with Crippen molar-refractivity contribution in [3.63, 3.8) is 0 Å². The van der Waals surface area contributed by atoms with Crippen LogP contribution in [-0.2, 0) is 6.54 Å². The zero-order chi connectivity index (χ0) is 30.0. The highest BCUT2D eigenvalue weighted by Crippen LogP contribution is 2.50. The van der Waals surface area contributed by atoms with Gasteiger partial charge in [0, 0.05) is 49.4 Å². The fourth-order valence-corrected chi connectivity index (χ4v) is 6.80. The average molecular weight is 601 g/mol. The lowest BCUT2D eigenvalue weighted by atomic mass is 10.0. The minimum absolute atomic E-state index is 0.165. The van der Waals surface area contributed by atoms with E-state index in [2.05, 4.69) is 14.6 Å². The number of amides is 1. The molecule has 7 nitrogen and oxygen atoms in total. The first-order valence-electron chi connectivity index (χ1n) is 13.8. The molecule has 0 radical (unpaired) electrons. The summed E-state index contributed by atoms with van der Waals surface area (Å²) < 4.78 is 52.4. The van der Waals surface area contributed by atoms with E-state index in [1.165, 1.54) is 12.1 Å². The van der Waals surface area contributed by atoms with Gasteiger partial charge in [-0.15, -0.1) is 0 Å². The lowest BCUT2D eigenvalue weighted by Crippen LogP contribution is -2.50. The number of piperazine rings is 1. The van der Waals surface area contributed by atoms with Crippen molar-refractivity contribution < 1.29 is 22.7 Å². The number of hydrogen-bond acceptors (Lipinski definition) is 6. The number of nitrogens with one attached hydrogen (secondary N) is 1. The minimum Gasteiger partial charge on any atom is -0.329 e. The van der Waals surface area contributed by atoms with Crippen LogP contribution in [0.1, 0.15) is 27.5 Å². The summed E-state index contributed by atoms with van der Waals surface area (Å²) >= 11 is 0. The Balaban J connectivity index is 1.20. The van der Waals surface area contributed by atoms with E-state index in [4.69, 9.17) is 0 Å². The summed E-state index contributed by atoms with van der Waals surface area (Å²) in [6, 6.07) is 28.4. The predicted octanol–water partition coefficient (Wildman–Crippen LogP) is 7.35. The van der Waals surface area contributed by atoms with Crippen molar-refractivity contribution in [2.24, 2.45) is 0 Å². The van der Waals surface area contributed by atoms with E-state index >= 15 is 0 Å². The minimum atomic E-state index is -3.44. The van der Waals surface area contributed by atoms with Gasteiger partial charge < -0.3 is 4.90 Å². The van der Waals surface area contributed by atoms with Crippen LogP contribution >= 0.6 is 10.8 Å². The van der Waals surface area contributed by atoms with Crippen LogP contribution in [0.2, 0.25) is 0 Å². The molecule has 1 unspecified atom stereocenters. The van der Waals surface area contributed by atoms with Crippen LogP contribution in [0, 0.1) is 11.6 Å². The summed E-state index contributed by atoms with van der Waals surface area (Å²) in [5.74, 6) is -1.39. The highest BCUT2D eigenvalue weighted by Gasteiger charge is 2.32. The van der Waals surface area contributed by atoms with Gasteiger partial charge in [0.2, 0.25) is 0 Å². The first-order valence-corrected chi connectivity index (χ1v) is 15.3. The molecule has 5 aromatic rings. The van der Waals surface area contributed by atoms with Crippen LogP contribution in [0.25, 0.3) is 10.9 Å². The average Bonchev–Trinajstić information content (AvgIpc) is 3.00. The third kappa shape index (κ3) is 6.37. The van der Waals surface area contributed by atoms with E-state index in [1.807, 2.05) is 47.4 Å². The Morgan fingerprint density at radius 1 is 0.884 bits per heavy atom. The number of benzene rings is 4. The van der Waals surface area contributed by atoms with Crippen molar-refractivity contribution in [2.45, 2.75) is 17.5 Å². The number of halogens is 2. The van der Waals surface area contributed by atoms with Gasteiger partial charge in [-0.25, -0.2) is 8.78 Å². The van der Waals surface area contributed by atoms with Gasteiger partial charge in [0.25, 0.3) is 5.91 Å². The second kappa shape index (κ2) is 12.1. The number of carbonyl (C=O) groups is 1. The number of nitrogens with zero attached hydrogens (tertiary/aromatic N) is 3. The fourth-order valence-electron chi connectivity index (χ4n) is 5.52. The highest BCUT2D eigenvalue weighted by atomic mass is 32.3. The Kier molecular flexibility index (Phi) is 8.09. The van der Waals surface area contributed by atoms with Gasteiger partial charge in [-0.2, -0.15) is 0 Å². The van der Waals surface area contributed by atoms with Gasteiger partial charge in [-0.1, -0.05) is 59.3 Å². The number of rotatable bonds is 7. The van der Waals surface area contributed by atoms with E-state index in [0.29, 0.717) is 48.5 Å². The van der Waals surface area contributed by atoms with Gasteiger partial charge in [0.15, 0.2) is 0 Å². The summed E-state index contributed by atoms with van der Waals surface area (Å²) in [5.41, 5.74) is 2.89. The highest BCUT2D eigenvalue weighted by molar-refractivity contribution is 8.25. The van der Waals surface area contributed by atoms with Crippen molar-refractivity contribution in [3.8, 4) is 0 Å². The largest absolute Gasteiger partial charge is 0.329 e. The Bertz CT molecular complexity index is 1730. The molecule has 6 rings (SSSR count). The van der Waals surface area contributed by atoms with Crippen molar-refractivity contribution in [1.82, 2.24) is 14.8 Å². The Morgan fingerprint density at radius 3 is 2.35 bits per heavy atom. The topological polar surface area (TPSA) is 88.9 Å². The lowest BCUT2D eigenvalue weighted by molar-refractivity contribution is 0.0434. The normalized spacial score (nSPS) is 16.3. The Hall–Kier alpha value is -4.35. The van der Waals surface area contributed by atoms with Crippen molar-refractivity contribution in [1.29, 1.82) is 0 Å². The molecule has 1 aliphatic rings. The zero-order valence-corrected chi connectivity index (χ0v) is 23.9. The van der Waals surface area contributed by atoms with Crippen molar-refractivity contribution in [3.05, 3.63) is 138 Å². The smallest absolute Gasteiger partial charge is 0.254 e. The molecule has 1 atom stereocenters. The van der Waals surface area contributed by atoms with Crippen LogP contribution in [0.5, 0.6) is 0 Å². The summed E-state index contributed by atoms with van der Waals surface area (Å²) in [6.45, 7) is 1.81. The maximum Gasteiger partial charge on any atom is 0.254 e. The molecule has 0 aliphatic carbocycles. The molecule has 1 amide bonds. The van der Waals surface area contributed by atoms with E-state index in [-0.39, 0.29) is 16.8 Å². The molecule has 43 heavy (non-hydrogen) atoms. The zero-order valence-electron chi connectivity index (χ0n) is 23.1. The molecule has 1 aromatic heterocycles. The maximum absolute atomic E-state index is 13.8. The first-order chi connectivity index (χ1) is 20.8. The SMILES string of the molecule is O=C(c1ccc(NS(O)(O)c2cccc3cccnc23)cc1)N1CCN(Cc2cc(F)cc(F)c2)CC1c1ccccc1. The van der Waals surface area contributed by atoms with Gasteiger partial charge >= 0.3 is 0 Å². The monoisotopic (exact) mass is 600 g/mol.